The summed E-state index contributed by atoms with van der Waals surface area (Å²) in [6, 6.07) is 5.18. The van der Waals surface area contributed by atoms with Crippen LogP contribution in [-0.2, 0) is 11.0 Å². The van der Waals surface area contributed by atoms with Crippen molar-refractivity contribution < 1.29 is 14.4 Å². The van der Waals surface area contributed by atoms with Crippen LogP contribution in [0.1, 0.15) is 18.1 Å². The summed E-state index contributed by atoms with van der Waals surface area (Å²) in [5.74, 6) is 0. The van der Waals surface area contributed by atoms with Crippen LogP contribution in [0.25, 0.3) is 0 Å². The predicted molar refractivity (Wildman–Crippen MR) is 52.2 cm³/mol. The zero-order chi connectivity index (χ0) is 10.1. The highest BCUT2D eigenvalue weighted by molar-refractivity contribution is 7.60. The number of hydrogen-bond donors (Lipinski definition) is 2. The predicted octanol–water partition coefficient (Wildman–Crippen LogP) is 1.36. The van der Waals surface area contributed by atoms with E-state index < -0.39 is 7.60 Å². The molecule has 0 amide bonds. The van der Waals surface area contributed by atoms with Gasteiger partial charge in [-0.3, -0.25) is 4.57 Å². The summed E-state index contributed by atoms with van der Waals surface area (Å²) in [7, 11) is -4.10. The molecule has 0 unspecified atom stereocenters. The number of benzene rings is 1. The van der Waals surface area contributed by atoms with Crippen LogP contribution < -0.4 is 5.30 Å². The highest BCUT2D eigenvalue weighted by atomic mass is 31.2. The lowest BCUT2D eigenvalue weighted by molar-refractivity contribution is 0.387. The third-order valence-electron chi connectivity index (χ3n) is 1.94. The van der Waals surface area contributed by atoms with Gasteiger partial charge in [0.05, 0.1) is 5.30 Å². The molecule has 1 rings (SSSR count). The van der Waals surface area contributed by atoms with E-state index in [2.05, 4.69) is 0 Å². The normalized spacial score (nSPS) is 11.7. The molecule has 0 aromatic heterocycles. The first kappa shape index (κ1) is 10.5. The molecule has 0 saturated heterocycles. The van der Waals surface area contributed by atoms with Gasteiger partial charge in [0.15, 0.2) is 0 Å². The molecule has 72 valence electrons. The van der Waals surface area contributed by atoms with Gasteiger partial charge in [-0.1, -0.05) is 24.6 Å². The molecule has 4 heteroatoms. The molecule has 0 spiro atoms. The van der Waals surface area contributed by atoms with Crippen LogP contribution in [0, 0.1) is 6.92 Å². The number of hydrogen-bond acceptors (Lipinski definition) is 1. The van der Waals surface area contributed by atoms with Gasteiger partial charge in [0.1, 0.15) is 0 Å². The highest BCUT2D eigenvalue weighted by Crippen LogP contribution is 2.35. The van der Waals surface area contributed by atoms with Crippen molar-refractivity contribution in [2.24, 2.45) is 0 Å². The maximum atomic E-state index is 11.1. The average molecular weight is 200 g/mol. The van der Waals surface area contributed by atoms with E-state index >= 15 is 0 Å². The molecular weight excluding hydrogens is 187 g/mol. The Hall–Kier alpha value is -0.630. The Morgan fingerprint density at radius 1 is 1.38 bits per heavy atom. The van der Waals surface area contributed by atoms with Crippen LogP contribution in [0.3, 0.4) is 0 Å². The zero-order valence-corrected chi connectivity index (χ0v) is 8.58. The molecule has 13 heavy (non-hydrogen) atoms. The summed E-state index contributed by atoms with van der Waals surface area (Å²) >= 11 is 0. The summed E-state index contributed by atoms with van der Waals surface area (Å²) < 4.78 is 11.1. The summed E-state index contributed by atoms with van der Waals surface area (Å²) in [5.41, 5.74) is 1.59. The minimum absolute atomic E-state index is 0.162. The Bertz CT molecular complexity index is 354. The molecule has 0 aliphatic carbocycles. The molecule has 0 aliphatic heterocycles. The van der Waals surface area contributed by atoms with Gasteiger partial charge in [-0.25, -0.2) is 0 Å². The maximum Gasteiger partial charge on any atom is 0.356 e. The second-order valence-corrected chi connectivity index (χ2v) is 4.60. The lowest BCUT2D eigenvalue weighted by atomic mass is 10.1. The van der Waals surface area contributed by atoms with E-state index in [1.54, 1.807) is 12.1 Å². The van der Waals surface area contributed by atoms with Crippen LogP contribution in [-0.4, -0.2) is 9.79 Å². The maximum absolute atomic E-state index is 11.1. The van der Waals surface area contributed by atoms with Crippen molar-refractivity contribution in [2.45, 2.75) is 20.3 Å². The molecule has 0 radical (unpaired) electrons. The van der Waals surface area contributed by atoms with Gasteiger partial charge in [-0.15, -0.1) is 0 Å². The first-order valence-corrected chi connectivity index (χ1v) is 5.72. The van der Waals surface area contributed by atoms with Crippen molar-refractivity contribution in [1.82, 2.24) is 0 Å². The monoisotopic (exact) mass is 200 g/mol. The Balaban J connectivity index is 3.33. The zero-order valence-electron chi connectivity index (χ0n) is 7.69. The Kier molecular flexibility index (Phi) is 2.91. The van der Waals surface area contributed by atoms with E-state index in [9.17, 15) is 4.57 Å². The van der Waals surface area contributed by atoms with Gasteiger partial charge in [0, 0.05) is 0 Å². The van der Waals surface area contributed by atoms with Gasteiger partial charge in [-0.05, 0) is 25.0 Å². The van der Waals surface area contributed by atoms with Crippen molar-refractivity contribution in [2.75, 3.05) is 0 Å². The molecule has 0 aliphatic rings. The Morgan fingerprint density at radius 2 is 2.00 bits per heavy atom. The summed E-state index contributed by atoms with van der Waals surface area (Å²) in [5, 5.41) is 0.162. The highest BCUT2D eigenvalue weighted by Gasteiger charge is 2.20. The van der Waals surface area contributed by atoms with Crippen molar-refractivity contribution >= 4 is 12.9 Å². The van der Waals surface area contributed by atoms with Crippen molar-refractivity contribution in [3.63, 3.8) is 0 Å². The molecular formula is C9H13O3P. The largest absolute Gasteiger partial charge is 0.356 e. The van der Waals surface area contributed by atoms with Crippen LogP contribution in [0.15, 0.2) is 18.2 Å². The minimum atomic E-state index is -4.10. The molecule has 2 N–H and O–H groups in total. The first-order valence-electron chi connectivity index (χ1n) is 4.10. The van der Waals surface area contributed by atoms with Crippen molar-refractivity contribution in [3.05, 3.63) is 29.3 Å². The quantitative estimate of drug-likeness (QED) is 0.708. The molecule has 0 atom stereocenters. The third kappa shape index (κ3) is 2.41. The lowest BCUT2D eigenvalue weighted by Crippen LogP contribution is -2.10. The summed E-state index contributed by atoms with van der Waals surface area (Å²) in [6.45, 7) is 3.70. The van der Waals surface area contributed by atoms with Gasteiger partial charge in [0.25, 0.3) is 0 Å². The van der Waals surface area contributed by atoms with Crippen LogP contribution in [0.5, 0.6) is 0 Å². The third-order valence-corrected chi connectivity index (χ3v) is 2.98. The van der Waals surface area contributed by atoms with E-state index in [0.29, 0.717) is 6.42 Å². The molecule has 0 bridgehead atoms. The average Bonchev–Trinajstić information content (AvgIpc) is 2.03. The van der Waals surface area contributed by atoms with E-state index in [-0.39, 0.29) is 5.30 Å². The topological polar surface area (TPSA) is 57.5 Å². The second-order valence-electron chi connectivity index (χ2n) is 3.03. The standard InChI is InChI=1S/C9H13O3P/c1-3-8-5-4-7(2)6-9(8)13(10,11)12/h4-6H,3H2,1-2H3,(H2,10,11,12). The van der Waals surface area contributed by atoms with Crippen LogP contribution in [0.2, 0.25) is 0 Å². The molecule has 3 nitrogen and oxygen atoms in total. The number of rotatable bonds is 2. The fourth-order valence-electron chi connectivity index (χ4n) is 1.24. The summed E-state index contributed by atoms with van der Waals surface area (Å²) in [4.78, 5) is 18.1. The van der Waals surface area contributed by atoms with Crippen molar-refractivity contribution in [3.8, 4) is 0 Å². The first-order chi connectivity index (χ1) is 5.95. The molecule has 0 saturated carbocycles. The second kappa shape index (κ2) is 3.62. The molecule has 1 aromatic carbocycles. The molecule has 0 fully saturated rings. The SMILES string of the molecule is CCc1ccc(C)cc1P(=O)(O)O. The van der Waals surface area contributed by atoms with E-state index in [4.69, 9.17) is 9.79 Å². The van der Waals surface area contributed by atoms with Gasteiger partial charge < -0.3 is 9.79 Å². The minimum Gasteiger partial charge on any atom is -0.321 e. The molecule has 0 heterocycles. The fraction of sp³-hybridized carbons (Fsp3) is 0.333. The van der Waals surface area contributed by atoms with Gasteiger partial charge in [0.2, 0.25) is 0 Å². The van der Waals surface area contributed by atoms with Gasteiger partial charge in [-0.2, -0.15) is 0 Å². The van der Waals surface area contributed by atoms with E-state index in [1.165, 1.54) is 0 Å². The fourth-order valence-corrected chi connectivity index (χ4v) is 2.22. The van der Waals surface area contributed by atoms with Crippen LogP contribution >= 0.6 is 7.60 Å². The van der Waals surface area contributed by atoms with E-state index in [0.717, 1.165) is 11.1 Å². The number of aryl methyl sites for hydroxylation is 2. The lowest BCUT2D eigenvalue weighted by Gasteiger charge is -2.09. The van der Waals surface area contributed by atoms with E-state index in [1.807, 2.05) is 19.9 Å². The van der Waals surface area contributed by atoms with Crippen LogP contribution in [0.4, 0.5) is 0 Å². The van der Waals surface area contributed by atoms with Gasteiger partial charge >= 0.3 is 7.60 Å². The summed E-state index contributed by atoms with van der Waals surface area (Å²) in [6.07, 6.45) is 0.640. The smallest absolute Gasteiger partial charge is 0.321 e. The Labute approximate surface area is 77.6 Å². The Morgan fingerprint density at radius 3 is 2.46 bits per heavy atom. The molecule has 1 aromatic rings. The van der Waals surface area contributed by atoms with Crippen molar-refractivity contribution in [1.29, 1.82) is 0 Å².